The molecule has 0 aromatic heterocycles. The van der Waals surface area contributed by atoms with Crippen LogP contribution in [0.3, 0.4) is 0 Å². The first-order valence-electron chi connectivity index (χ1n) is 6.89. The molecular formula is C13H27N3O. The van der Waals surface area contributed by atoms with Crippen LogP contribution in [0.15, 0.2) is 0 Å². The number of nitrogens with zero attached hydrogens (tertiary/aromatic N) is 1. The quantitative estimate of drug-likeness (QED) is 0.645. The van der Waals surface area contributed by atoms with Crippen LogP contribution in [0.2, 0.25) is 0 Å². The molecule has 1 aliphatic rings. The van der Waals surface area contributed by atoms with Gasteiger partial charge in [0.25, 0.3) is 0 Å². The molecule has 2 N–H and O–H groups in total. The third-order valence-electron chi connectivity index (χ3n) is 3.70. The molecule has 0 spiro atoms. The van der Waals surface area contributed by atoms with Gasteiger partial charge in [-0.3, -0.25) is 4.79 Å². The summed E-state index contributed by atoms with van der Waals surface area (Å²) in [5, 5.41) is 6.31. The van der Waals surface area contributed by atoms with Crippen molar-refractivity contribution in [3.63, 3.8) is 0 Å². The Kier molecular flexibility index (Phi) is 6.52. The van der Waals surface area contributed by atoms with E-state index in [1.165, 1.54) is 0 Å². The largest absolute Gasteiger partial charge is 0.356 e. The molecule has 0 bridgehead atoms. The predicted octanol–water partition coefficient (Wildman–Crippen LogP) is 0.690. The SMILES string of the molecule is CCN(CC)CCCNC(=O)[C@@H]1CNC[C@H]1C. The summed E-state index contributed by atoms with van der Waals surface area (Å²) in [6, 6.07) is 0. The molecule has 0 aromatic rings. The van der Waals surface area contributed by atoms with E-state index < -0.39 is 0 Å². The van der Waals surface area contributed by atoms with Crippen LogP contribution in [-0.2, 0) is 4.79 Å². The zero-order valence-corrected chi connectivity index (χ0v) is 11.5. The fourth-order valence-electron chi connectivity index (χ4n) is 2.35. The van der Waals surface area contributed by atoms with Crippen molar-refractivity contribution in [2.75, 3.05) is 39.3 Å². The highest BCUT2D eigenvalue weighted by atomic mass is 16.1. The lowest BCUT2D eigenvalue weighted by atomic mass is 9.97. The van der Waals surface area contributed by atoms with Gasteiger partial charge in [-0.15, -0.1) is 0 Å². The second-order valence-corrected chi connectivity index (χ2v) is 4.91. The fraction of sp³-hybridized carbons (Fsp3) is 0.923. The average Bonchev–Trinajstić information content (AvgIpc) is 2.75. The lowest BCUT2D eigenvalue weighted by Gasteiger charge is -2.18. The molecule has 0 unspecified atom stereocenters. The average molecular weight is 241 g/mol. The maximum atomic E-state index is 11.9. The minimum Gasteiger partial charge on any atom is -0.356 e. The number of hydrogen-bond acceptors (Lipinski definition) is 3. The van der Waals surface area contributed by atoms with Crippen molar-refractivity contribution in [3.05, 3.63) is 0 Å². The van der Waals surface area contributed by atoms with E-state index in [9.17, 15) is 4.79 Å². The van der Waals surface area contributed by atoms with Crippen molar-refractivity contribution in [1.29, 1.82) is 0 Å². The molecule has 1 heterocycles. The number of amides is 1. The summed E-state index contributed by atoms with van der Waals surface area (Å²) >= 11 is 0. The Labute approximate surface area is 105 Å². The van der Waals surface area contributed by atoms with Gasteiger partial charge in [0, 0.05) is 13.1 Å². The Bertz CT molecular complexity index is 229. The number of rotatable bonds is 7. The molecule has 0 aromatic carbocycles. The van der Waals surface area contributed by atoms with Crippen LogP contribution in [0.5, 0.6) is 0 Å². The third kappa shape index (κ3) is 4.64. The number of carbonyl (C=O) groups excluding carboxylic acids is 1. The molecule has 4 heteroatoms. The minimum absolute atomic E-state index is 0.170. The Morgan fingerprint density at radius 1 is 1.35 bits per heavy atom. The van der Waals surface area contributed by atoms with E-state index in [1.54, 1.807) is 0 Å². The molecule has 0 radical (unpaired) electrons. The highest BCUT2D eigenvalue weighted by Crippen LogP contribution is 2.15. The van der Waals surface area contributed by atoms with E-state index in [2.05, 4.69) is 36.3 Å². The van der Waals surface area contributed by atoms with Gasteiger partial charge in [-0.25, -0.2) is 0 Å². The van der Waals surface area contributed by atoms with Crippen molar-refractivity contribution < 1.29 is 4.79 Å². The van der Waals surface area contributed by atoms with E-state index in [-0.39, 0.29) is 11.8 Å². The van der Waals surface area contributed by atoms with Crippen LogP contribution in [-0.4, -0.2) is 50.1 Å². The van der Waals surface area contributed by atoms with Crippen LogP contribution in [0.4, 0.5) is 0 Å². The molecule has 0 saturated carbocycles. The van der Waals surface area contributed by atoms with Gasteiger partial charge in [0.05, 0.1) is 5.92 Å². The molecule has 2 atom stereocenters. The van der Waals surface area contributed by atoms with Crippen molar-refractivity contribution in [2.24, 2.45) is 11.8 Å². The van der Waals surface area contributed by atoms with Crippen molar-refractivity contribution in [2.45, 2.75) is 27.2 Å². The Morgan fingerprint density at radius 2 is 2.06 bits per heavy atom. The van der Waals surface area contributed by atoms with E-state index in [1.807, 2.05) is 0 Å². The molecule has 100 valence electrons. The van der Waals surface area contributed by atoms with Gasteiger partial charge in [-0.05, 0) is 38.5 Å². The van der Waals surface area contributed by atoms with Crippen molar-refractivity contribution >= 4 is 5.91 Å². The molecule has 17 heavy (non-hydrogen) atoms. The van der Waals surface area contributed by atoms with Gasteiger partial charge in [0.1, 0.15) is 0 Å². The fourth-order valence-corrected chi connectivity index (χ4v) is 2.35. The highest BCUT2D eigenvalue weighted by Gasteiger charge is 2.28. The molecule has 1 aliphatic heterocycles. The molecule has 1 fully saturated rings. The number of hydrogen-bond donors (Lipinski definition) is 2. The maximum absolute atomic E-state index is 11.9. The molecule has 1 saturated heterocycles. The first-order chi connectivity index (χ1) is 8.19. The molecule has 4 nitrogen and oxygen atoms in total. The van der Waals surface area contributed by atoms with Crippen molar-refractivity contribution in [1.82, 2.24) is 15.5 Å². The van der Waals surface area contributed by atoms with E-state index in [0.717, 1.165) is 45.7 Å². The maximum Gasteiger partial charge on any atom is 0.224 e. The van der Waals surface area contributed by atoms with Gasteiger partial charge < -0.3 is 15.5 Å². The second kappa shape index (κ2) is 7.67. The smallest absolute Gasteiger partial charge is 0.224 e. The Balaban J connectivity index is 2.12. The lowest BCUT2D eigenvalue weighted by molar-refractivity contribution is -0.125. The summed E-state index contributed by atoms with van der Waals surface area (Å²) in [6.07, 6.45) is 1.04. The van der Waals surface area contributed by atoms with Gasteiger partial charge in [0.2, 0.25) is 5.91 Å². The van der Waals surface area contributed by atoms with E-state index in [0.29, 0.717) is 5.92 Å². The normalized spacial score (nSPS) is 24.2. The Morgan fingerprint density at radius 3 is 2.59 bits per heavy atom. The molecule has 1 amide bonds. The molecular weight excluding hydrogens is 214 g/mol. The monoisotopic (exact) mass is 241 g/mol. The Hall–Kier alpha value is -0.610. The third-order valence-corrected chi connectivity index (χ3v) is 3.70. The molecule has 0 aliphatic carbocycles. The zero-order valence-electron chi connectivity index (χ0n) is 11.5. The first kappa shape index (κ1) is 14.5. The first-order valence-corrected chi connectivity index (χ1v) is 6.89. The van der Waals surface area contributed by atoms with Gasteiger partial charge in [-0.2, -0.15) is 0 Å². The zero-order chi connectivity index (χ0) is 12.7. The minimum atomic E-state index is 0.170. The van der Waals surface area contributed by atoms with Crippen LogP contribution >= 0.6 is 0 Å². The summed E-state index contributed by atoms with van der Waals surface area (Å²) in [5.41, 5.74) is 0. The summed E-state index contributed by atoms with van der Waals surface area (Å²) < 4.78 is 0. The van der Waals surface area contributed by atoms with Gasteiger partial charge in [-0.1, -0.05) is 20.8 Å². The van der Waals surface area contributed by atoms with Crippen LogP contribution in [0.25, 0.3) is 0 Å². The molecule has 1 rings (SSSR count). The van der Waals surface area contributed by atoms with Gasteiger partial charge >= 0.3 is 0 Å². The summed E-state index contributed by atoms with van der Waals surface area (Å²) in [7, 11) is 0. The lowest BCUT2D eigenvalue weighted by Crippen LogP contribution is -2.36. The van der Waals surface area contributed by atoms with E-state index >= 15 is 0 Å². The van der Waals surface area contributed by atoms with Crippen LogP contribution in [0.1, 0.15) is 27.2 Å². The standard InChI is InChI=1S/C13H27N3O/c1-4-16(5-2)8-6-7-15-13(17)12-10-14-9-11(12)3/h11-12,14H,4-10H2,1-3H3,(H,15,17)/t11-,12-/m1/s1. The van der Waals surface area contributed by atoms with Crippen LogP contribution in [0, 0.1) is 11.8 Å². The topological polar surface area (TPSA) is 44.4 Å². The summed E-state index contributed by atoms with van der Waals surface area (Å²) in [4.78, 5) is 14.3. The van der Waals surface area contributed by atoms with Crippen molar-refractivity contribution in [3.8, 4) is 0 Å². The summed E-state index contributed by atoms with van der Waals surface area (Å²) in [6.45, 7) is 12.4. The second-order valence-electron chi connectivity index (χ2n) is 4.91. The highest BCUT2D eigenvalue weighted by molar-refractivity contribution is 5.79. The van der Waals surface area contributed by atoms with E-state index in [4.69, 9.17) is 0 Å². The van der Waals surface area contributed by atoms with Crippen LogP contribution < -0.4 is 10.6 Å². The number of carbonyl (C=O) groups is 1. The van der Waals surface area contributed by atoms with Gasteiger partial charge in [0.15, 0.2) is 0 Å². The number of nitrogens with one attached hydrogen (secondary N) is 2. The summed E-state index contributed by atoms with van der Waals surface area (Å²) in [5.74, 6) is 0.864. The predicted molar refractivity (Wildman–Crippen MR) is 70.9 cm³/mol.